The Morgan fingerprint density at radius 2 is 1.70 bits per heavy atom. The summed E-state index contributed by atoms with van der Waals surface area (Å²) in [5.74, 6) is -0.0557. The zero-order valence-corrected chi connectivity index (χ0v) is 17.1. The van der Waals surface area contributed by atoms with Crippen LogP contribution < -0.4 is 4.87 Å². The van der Waals surface area contributed by atoms with Crippen molar-refractivity contribution >= 4 is 27.3 Å². The van der Waals surface area contributed by atoms with Crippen molar-refractivity contribution in [3.05, 3.63) is 50.6 Å². The quantitative estimate of drug-likeness (QED) is 0.749. The molecule has 0 bridgehead atoms. The fraction of sp³-hybridized carbons (Fsp3) is 0.444. The van der Waals surface area contributed by atoms with Gasteiger partial charge in [0.15, 0.2) is 0 Å². The predicted octanol–water partition coefficient (Wildman–Crippen LogP) is 1.45. The molecule has 2 heterocycles. The smallest absolute Gasteiger partial charge is 0.307 e. The molecule has 1 aromatic heterocycles. The minimum absolute atomic E-state index is 0.0557. The molecule has 1 saturated heterocycles. The van der Waals surface area contributed by atoms with Crippen LogP contribution in [-0.2, 0) is 21.4 Å². The number of nitrogens with zero attached hydrogens (tertiary/aromatic N) is 3. The van der Waals surface area contributed by atoms with E-state index in [0.29, 0.717) is 19.6 Å². The van der Waals surface area contributed by atoms with Gasteiger partial charge in [0.1, 0.15) is 0 Å². The molecule has 1 fully saturated rings. The molecule has 27 heavy (non-hydrogen) atoms. The van der Waals surface area contributed by atoms with Crippen LogP contribution in [0.2, 0.25) is 0 Å². The number of thiazole rings is 1. The minimum atomic E-state index is -3.54. The van der Waals surface area contributed by atoms with Crippen LogP contribution in [-0.4, -0.2) is 54.3 Å². The molecule has 0 N–H and O–H groups in total. The van der Waals surface area contributed by atoms with Crippen molar-refractivity contribution in [3.63, 3.8) is 0 Å². The summed E-state index contributed by atoms with van der Waals surface area (Å²) < 4.78 is 28.5. The maximum absolute atomic E-state index is 12.7. The number of hydrogen-bond acceptors (Lipinski definition) is 5. The average Bonchev–Trinajstić information content (AvgIpc) is 2.98. The third-order valence-corrected chi connectivity index (χ3v) is 7.57. The van der Waals surface area contributed by atoms with Crippen molar-refractivity contribution in [1.82, 2.24) is 13.8 Å². The fourth-order valence-electron chi connectivity index (χ4n) is 3.08. The van der Waals surface area contributed by atoms with E-state index < -0.39 is 10.0 Å². The highest BCUT2D eigenvalue weighted by Gasteiger charge is 2.29. The minimum Gasteiger partial charge on any atom is -0.340 e. The van der Waals surface area contributed by atoms with Crippen LogP contribution in [0.4, 0.5) is 0 Å². The summed E-state index contributed by atoms with van der Waals surface area (Å²) in [6, 6.07) is 6.79. The Hall–Kier alpha value is -1.97. The number of amides is 1. The maximum Gasteiger partial charge on any atom is 0.307 e. The third-order valence-electron chi connectivity index (χ3n) is 4.78. The number of benzene rings is 1. The van der Waals surface area contributed by atoms with Crippen LogP contribution in [0.15, 0.2) is 39.3 Å². The first-order valence-corrected chi connectivity index (χ1v) is 11.1. The monoisotopic (exact) mass is 409 g/mol. The zero-order chi connectivity index (χ0) is 19.6. The van der Waals surface area contributed by atoms with E-state index in [2.05, 4.69) is 0 Å². The molecule has 2 aromatic rings. The summed E-state index contributed by atoms with van der Waals surface area (Å²) in [7, 11) is -3.54. The molecule has 1 aliphatic heterocycles. The van der Waals surface area contributed by atoms with Crippen molar-refractivity contribution in [3.8, 4) is 0 Å². The van der Waals surface area contributed by atoms with Gasteiger partial charge in [0, 0.05) is 50.2 Å². The van der Waals surface area contributed by atoms with Gasteiger partial charge in [-0.2, -0.15) is 4.31 Å². The highest BCUT2D eigenvalue weighted by atomic mass is 32.2. The summed E-state index contributed by atoms with van der Waals surface area (Å²) >= 11 is 1.13. The summed E-state index contributed by atoms with van der Waals surface area (Å²) in [4.78, 5) is 26.0. The fourth-order valence-corrected chi connectivity index (χ4v) is 5.26. The van der Waals surface area contributed by atoms with Gasteiger partial charge in [0.05, 0.1) is 4.90 Å². The Morgan fingerprint density at radius 3 is 2.26 bits per heavy atom. The van der Waals surface area contributed by atoms with Gasteiger partial charge < -0.3 is 9.47 Å². The number of sulfonamides is 1. The van der Waals surface area contributed by atoms with Gasteiger partial charge in [0.2, 0.25) is 15.9 Å². The van der Waals surface area contributed by atoms with E-state index in [1.54, 1.807) is 39.1 Å². The number of piperazine rings is 1. The standard InChI is InChI=1S/C18H23N3O4S2/c1-14-3-5-16(6-4-14)27(24,25)20-11-9-19(10-12-20)17(22)7-8-21-15(2)13-26-18(21)23/h3-6,13H,7-12H2,1-2H3. The van der Waals surface area contributed by atoms with Gasteiger partial charge in [0.25, 0.3) is 0 Å². The number of carbonyl (C=O) groups is 1. The Morgan fingerprint density at radius 1 is 1.07 bits per heavy atom. The lowest BCUT2D eigenvalue weighted by Crippen LogP contribution is -2.50. The number of rotatable bonds is 5. The lowest BCUT2D eigenvalue weighted by Gasteiger charge is -2.34. The first kappa shape index (κ1) is 19.8. The number of hydrogen-bond donors (Lipinski definition) is 0. The Kier molecular flexibility index (Phi) is 5.83. The maximum atomic E-state index is 12.7. The molecule has 0 aliphatic carbocycles. The van der Waals surface area contributed by atoms with Gasteiger partial charge >= 0.3 is 4.87 Å². The van der Waals surface area contributed by atoms with Gasteiger partial charge in [-0.15, -0.1) is 0 Å². The van der Waals surface area contributed by atoms with Crippen molar-refractivity contribution in [2.45, 2.75) is 31.7 Å². The predicted molar refractivity (Wildman–Crippen MR) is 104 cm³/mol. The Balaban J connectivity index is 1.57. The van der Waals surface area contributed by atoms with E-state index in [1.165, 1.54) is 4.31 Å². The molecule has 1 amide bonds. The molecular formula is C18H23N3O4S2. The van der Waals surface area contributed by atoms with E-state index >= 15 is 0 Å². The number of aromatic nitrogens is 1. The average molecular weight is 410 g/mol. The van der Waals surface area contributed by atoms with Crippen LogP contribution >= 0.6 is 11.3 Å². The summed E-state index contributed by atoms with van der Waals surface area (Å²) in [5, 5.41) is 1.78. The van der Waals surface area contributed by atoms with E-state index in [0.717, 1.165) is 22.6 Å². The molecule has 1 aromatic carbocycles. The largest absolute Gasteiger partial charge is 0.340 e. The van der Waals surface area contributed by atoms with Crippen LogP contribution in [0.5, 0.6) is 0 Å². The van der Waals surface area contributed by atoms with Crippen molar-refractivity contribution < 1.29 is 13.2 Å². The van der Waals surface area contributed by atoms with Crippen LogP contribution in [0, 0.1) is 13.8 Å². The summed E-state index contributed by atoms with van der Waals surface area (Å²) in [6.45, 7) is 5.39. The van der Waals surface area contributed by atoms with Crippen molar-refractivity contribution in [2.24, 2.45) is 0 Å². The molecule has 146 valence electrons. The summed E-state index contributed by atoms with van der Waals surface area (Å²) in [5.41, 5.74) is 1.86. The van der Waals surface area contributed by atoms with Crippen LogP contribution in [0.3, 0.4) is 0 Å². The second-order valence-corrected chi connectivity index (χ2v) is 9.40. The van der Waals surface area contributed by atoms with Gasteiger partial charge in [-0.3, -0.25) is 9.59 Å². The van der Waals surface area contributed by atoms with E-state index in [9.17, 15) is 18.0 Å². The lowest BCUT2D eigenvalue weighted by molar-refractivity contribution is -0.132. The van der Waals surface area contributed by atoms with Crippen molar-refractivity contribution in [2.75, 3.05) is 26.2 Å². The molecule has 0 saturated carbocycles. The topological polar surface area (TPSA) is 79.7 Å². The SMILES string of the molecule is Cc1ccc(S(=O)(=O)N2CCN(C(=O)CCn3c(C)csc3=O)CC2)cc1. The van der Waals surface area contributed by atoms with Crippen molar-refractivity contribution in [1.29, 1.82) is 0 Å². The van der Waals surface area contributed by atoms with Gasteiger partial charge in [-0.1, -0.05) is 29.0 Å². The normalized spacial score (nSPS) is 15.9. The van der Waals surface area contributed by atoms with Gasteiger partial charge in [-0.05, 0) is 26.0 Å². The molecule has 7 nitrogen and oxygen atoms in total. The molecular weight excluding hydrogens is 386 g/mol. The molecule has 0 radical (unpaired) electrons. The third kappa shape index (κ3) is 4.31. The highest BCUT2D eigenvalue weighted by molar-refractivity contribution is 7.89. The Bertz CT molecular complexity index is 969. The molecule has 0 unspecified atom stereocenters. The second kappa shape index (κ2) is 7.95. The first-order valence-electron chi connectivity index (χ1n) is 8.78. The molecule has 0 spiro atoms. The highest BCUT2D eigenvalue weighted by Crippen LogP contribution is 2.18. The van der Waals surface area contributed by atoms with E-state index in [1.807, 2.05) is 13.8 Å². The van der Waals surface area contributed by atoms with Crippen LogP contribution in [0.1, 0.15) is 17.7 Å². The van der Waals surface area contributed by atoms with E-state index in [4.69, 9.17) is 0 Å². The Labute approximate surface area is 162 Å². The summed E-state index contributed by atoms with van der Waals surface area (Å²) in [6.07, 6.45) is 0.238. The van der Waals surface area contributed by atoms with Gasteiger partial charge in [-0.25, -0.2) is 8.42 Å². The van der Waals surface area contributed by atoms with Crippen LogP contribution in [0.25, 0.3) is 0 Å². The lowest BCUT2D eigenvalue weighted by atomic mass is 10.2. The zero-order valence-electron chi connectivity index (χ0n) is 15.4. The number of carbonyl (C=O) groups excluding carboxylic acids is 1. The first-order chi connectivity index (χ1) is 12.8. The van der Waals surface area contributed by atoms with E-state index in [-0.39, 0.29) is 35.2 Å². The number of aryl methyl sites for hydroxylation is 2. The molecule has 3 rings (SSSR count). The molecule has 0 atom stereocenters. The molecule has 9 heteroatoms. The molecule has 1 aliphatic rings. The second-order valence-electron chi connectivity index (χ2n) is 6.64.